The number of carbonyl (C=O) groups excluding carboxylic acids is 1. The Morgan fingerprint density at radius 1 is 1.20 bits per heavy atom. The van der Waals surface area contributed by atoms with Gasteiger partial charge in [-0.1, -0.05) is 13.3 Å². The smallest absolute Gasteiger partial charge is 0.315 e. The molecule has 5 nitrogen and oxygen atoms in total. The van der Waals surface area contributed by atoms with Gasteiger partial charge in [0.2, 0.25) is 0 Å². The molecule has 0 radical (unpaired) electrons. The fraction of sp³-hybridized carbons (Fsp3) is 0.867. The highest BCUT2D eigenvalue weighted by Gasteiger charge is 2.37. The lowest BCUT2D eigenvalue weighted by atomic mass is 9.82. The molecular formula is C15H26N2O3. The van der Waals surface area contributed by atoms with Crippen molar-refractivity contribution in [1.29, 1.82) is 0 Å². The molecule has 114 valence electrons. The van der Waals surface area contributed by atoms with Crippen molar-refractivity contribution < 1.29 is 14.7 Å². The molecule has 2 saturated carbocycles. The van der Waals surface area contributed by atoms with Gasteiger partial charge in [0, 0.05) is 12.6 Å². The zero-order valence-corrected chi connectivity index (χ0v) is 12.2. The Labute approximate surface area is 120 Å². The number of amides is 2. The molecule has 2 atom stereocenters. The minimum Gasteiger partial charge on any atom is -0.481 e. The summed E-state index contributed by atoms with van der Waals surface area (Å²) in [6, 6.07) is 0.312. The monoisotopic (exact) mass is 282 g/mol. The van der Waals surface area contributed by atoms with Gasteiger partial charge in [0.05, 0.1) is 5.92 Å². The number of aliphatic carboxylic acids is 1. The molecule has 2 amide bonds. The van der Waals surface area contributed by atoms with Gasteiger partial charge in [-0.05, 0) is 50.4 Å². The maximum absolute atomic E-state index is 11.7. The lowest BCUT2D eigenvalue weighted by molar-refractivity contribution is -0.143. The van der Waals surface area contributed by atoms with Gasteiger partial charge in [-0.15, -0.1) is 0 Å². The molecular weight excluding hydrogens is 256 g/mol. The minimum absolute atomic E-state index is 0.0611. The van der Waals surface area contributed by atoms with Gasteiger partial charge < -0.3 is 15.7 Å². The van der Waals surface area contributed by atoms with E-state index in [1.165, 1.54) is 12.8 Å². The summed E-state index contributed by atoms with van der Waals surface area (Å²) in [5, 5.41) is 14.9. The predicted molar refractivity (Wildman–Crippen MR) is 76.4 cm³/mol. The van der Waals surface area contributed by atoms with Gasteiger partial charge in [0.1, 0.15) is 0 Å². The summed E-state index contributed by atoms with van der Waals surface area (Å²) in [5.41, 5.74) is 0. The summed E-state index contributed by atoms with van der Waals surface area (Å²) in [6.07, 6.45) is 6.78. The molecule has 0 aromatic rings. The molecule has 0 heterocycles. The third-order valence-corrected chi connectivity index (χ3v) is 4.65. The van der Waals surface area contributed by atoms with Gasteiger partial charge in [-0.25, -0.2) is 4.79 Å². The van der Waals surface area contributed by atoms with Crippen molar-refractivity contribution >= 4 is 12.0 Å². The van der Waals surface area contributed by atoms with Crippen LogP contribution in [0.25, 0.3) is 0 Å². The number of carbonyl (C=O) groups is 2. The first-order chi connectivity index (χ1) is 9.60. The van der Waals surface area contributed by atoms with Gasteiger partial charge >= 0.3 is 12.0 Å². The molecule has 0 aromatic heterocycles. The SMILES string of the molecule is CCCC1CC1NC(=O)NCC1CCC(C(=O)O)CC1. The molecule has 2 unspecified atom stereocenters. The fourth-order valence-corrected chi connectivity index (χ4v) is 3.18. The van der Waals surface area contributed by atoms with E-state index in [1.807, 2.05) is 0 Å². The highest BCUT2D eigenvalue weighted by molar-refractivity contribution is 5.74. The Morgan fingerprint density at radius 2 is 1.90 bits per heavy atom. The first-order valence-corrected chi connectivity index (χ1v) is 7.87. The van der Waals surface area contributed by atoms with Crippen LogP contribution in [0.15, 0.2) is 0 Å². The molecule has 5 heteroatoms. The zero-order valence-electron chi connectivity index (χ0n) is 12.2. The van der Waals surface area contributed by atoms with E-state index in [9.17, 15) is 9.59 Å². The Kier molecular flexibility index (Phi) is 5.26. The van der Waals surface area contributed by atoms with Crippen molar-refractivity contribution in [3.8, 4) is 0 Å². The van der Waals surface area contributed by atoms with E-state index < -0.39 is 5.97 Å². The first kappa shape index (κ1) is 15.1. The second-order valence-electron chi connectivity index (χ2n) is 6.30. The maximum atomic E-state index is 11.7. The van der Waals surface area contributed by atoms with Crippen LogP contribution in [0.3, 0.4) is 0 Å². The molecule has 2 rings (SSSR count). The van der Waals surface area contributed by atoms with Crippen LogP contribution >= 0.6 is 0 Å². The summed E-state index contributed by atoms with van der Waals surface area (Å²) in [6.45, 7) is 2.84. The van der Waals surface area contributed by atoms with E-state index in [-0.39, 0.29) is 11.9 Å². The van der Waals surface area contributed by atoms with Crippen molar-refractivity contribution in [3.63, 3.8) is 0 Å². The summed E-state index contributed by atoms with van der Waals surface area (Å²) in [5.74, 6) is 0.255. The molecule has 3 N–H and O–H groups in total. The fourth-order valence-electron chi connectivity index (χ4n) is 3.18. The van der Waals surface area contributed by atoms with Gasteiger partial charge in [0.15, 0.2) is 0 Å². The van der Waals surface area contributed by atoms with E-state index in [2.05, 4.69) is 17.6 Å². The molecule has 0 spiro atoms. The zero-order chi connectivity index (χ0) is 14.5. The molecule has 2 aliphatic carbocycles. The molecule has 20 heavy (non-hydrogen) atoms. The summed E-state index contributed by atoms with van der Waals surface area (Å²) in [4.78, 5) is 22.6. The summed E-state index contributed by atoms with van der Waals surface area (Å²) < 4.78 is 0. The number of rotatable bonds is 6. The quantitative estimate of drug-likeness (QED) is 0.700. The average Bonchev–Trinajstić information content (AvgIpc) is 3.15. The second kappa shape index (κ2) is 6.95. The van der Waals surface area contributed by atoms with Crippen LogP contribution in [-0.2, 0) is 4.79 Å². The van der Waals surface area contributed by atoms with Gasteiger partial charge in [-0.2, -0.15) is 0 Å². The predicted octanol–water partition coefficient (Wildman–Crippen LogP) is 2.37. The van der Waals surface area contributed by atoms with Crippen LogP contribution in [0.4, 0.5) is 4.79 Å². The Balaban J connectivity index is 1.57. The largest absolute Gasteiger partial charge is 0.481 e. The summed E-state index contributed by atoms with van der Waals surface area (Å²) >= 11 is 0. The van der Waals surface area contributed by atoms with Gasteiger partial charge in [0.25, 0.3) is 0 Å². The Morgan fingerprint density at radius 3 is 2.50 bits per heavy atom. The van der Waals surface area contributed by atoms with Crippen molar-refractivity contribution in [2.24, 2.45) is 17.8 Å². The van der Waals surface area contributed by atoms with E-state index in [0.717, 1.165) is 32.1 Å². The first-order valence-electron chi connectivity index (χ1n) is 7.87. The number of carboxylic acids is 1. The van der Waals surface area contributed by atoms with Crippen LogP contribution < -0.4 is 10.6 Å². The maximum Gasteiger partial charge on any atom is 0.315 e. The lowest BCUT2D eigenvalue weighted by Gasteiger charge is -2.26. The van der Waals surface area contributed by atoms with E-state index >= 15 is 0 Å². The van der Waals surface area contributed by atoms with Crippen molar-refractivity contribution in [2.45, 2.75) is 57.9 Å². The third-order valence-electron chi connectivity index (χ3n) is 4.65. The van der Waals surface area contributed by atoms with Crippen LogP contribution in [0, 0.1) is 17.8 Å². The van der Waals surface area contributed by atoms with Crippen LogP contribution in [0.5, 0.6) is 0 Å². The molecule has 0 aliphatic heterocycles. The lowest BCUT2D eigenvalue weighted by Crippen LogP contribution is -2.40. The number of hydrogen-bond donors (Lipinski definition) is 3. The van der Waals surface area contributed by atoms with Crippen LogP contribution in [0.1, 0.15) is 51.9 Å². The Bertz CT molecular complexity index is 351. The minimum atomic E-state index is -0.676. The van der Waals surface area contributed by atoms with Crippen molar-refractivity contribution in [2.75, 3.05) is 6.54 Å². The highest BCUT2D eigenvalue weighted by atomic mass is 16.4. The average molecular weight is 282 g/mol. The molecule has 2 aliphatic rings. The number of hydrogen-bond acceptors (Lipinski definition) is 2. The van der Waals surface area contributed by atoms with Crippen molar-refractivity contribution in [3.05, 3.63) is 0 Å². The van der Waals surface area contributed by atoms with E-state index in [4.69, 9.17) is 5.11 Å². The van der Waals surface area contributed by atoms with Gasteiger partial charge in [-0.3, -0.25) is 4.79 Å². The normalized spacial score (nSPS) is 32.5. The number of nitrogens with one attached hydrogen (secondary N) is 2. The van der Waals surface area contributed by atoms with E-state index in [0.29, 0.717) is 24.4 Å². The molecule has 0 aromatic carbocycles. The van der Waals surface area contributed by atoms with Crippen LogP contribution in [0.2, 0.25) is 0 Å². The van der Waals surface area contributed by atoms with Crippen molar-refractivity contribution in [1.82, 2.24) is 10.6 Å². The second-order valence-corrected chi connectivity index (χ2v) is 6.30. The molecule has 2 fully saturated rings. The third kappa shape index (κ3) is 4.39. The number of carboxylic acid groups (broad SMARTS) is 1. The molecule has 0 bridgehead atoms. The standard InChI is InChI=1S/C15H26N2O3/c1-2-3-12-8-13(12)17-15(20)16-9-10-4-6-11(7-5-10)14(18)19/h10-13H,2-9H2,1H3,(H,18,19)(H2,16,17,20). The Hall–Kier alpha value is -1.26. The van der Waals surface area contributed by atoms with E-state index in [1.54, 1.807) is 0 Å². The topological polar surface area (TPSA) is 78.4 Å². The summed E-state index contributed by atoms with van der Waals surface area (Å²) in [7, 11) is 0. The molecule has 0 saturated heterocycles. The number of urea groups is 1. The highest BCUT2D eigenvalue weighted by Crippen LogP contribution is 2.34. The van der Waals surface area contributed by atoms with Crippen LogP contribution in [-0.4, -0.2) is 29.7 Å².